The van der Waals surface area contributed by atoms with Crippen LogP contribution in [0.5, 0.6) is 0 Å². The molecule has 0 heterocycles. The lowest BCUT2D eigenvalue weighted by molar-refractivity contribution is 0.466. The Morgan fingerprint density at radius 2 is 1.70 bits per heavy atom. The second-order valence-electron chi connectivity index (χ2n) is 5.43. The lowest BCUT2D eigenvalue weighted by Crippen LogP contribution is -2.32. The van der Waals surface area contributed by atoms with E-state index in [4.69, 9.17) is 0 Å². The zero-order valence-electron chi connectivity index (χ0n) is 11.4. The van der Waals surface area contributed by atoms with Gasteiger partial charge in [-0.1, -0.05) is 62.2 Å². The Kier molecular flexibility index (Phi) is 4.29. The van der Waals surface area contributed by atoms with E-state index in [2.05, 4.69) is 86.6 Å². The van der Waals surface area contributed by atoms with E-state index in [1.165, 1.54) is 16.7 Å². The normalized spacial score (nSPS) is 16.1. The number of benzene rings is 2. The molecule has 1 aliphatic carbocycles. The molecule has 0 spiro atoms. The molecule has 20 heavy (non-hydrogen) atoms. The summed E-state index contributed by atoms with van der Waals surface area (Å²) in [7, 11) is 0. The fourth-order valence-electron chi connectivity index (χ4n) is 2.97. The summed E-state index contributed by atoms with van der Waals surface area (Å²) in [5.41, 5.74) is 4.29. The van der Waals surface area contributed by atoms with Crippen molar-refractivity contribution >= 4 is 31.9 Å². The number of rotatable bonds is 3. The molecule has 0 saturated carbocycles. The molecule has 1 nitrogen and oxygen atoms in total. The maximum absolute atomic E-state index is 3.76. The molecular weight excluding hydrogens is 378 g/mol. The van der Waals surface area contributed by atoms with Crippen molar-refractivity contribution in [2.45, 2.75) is 31.8 Å². The molecular formula is C17H17Br2N. The Bertz CT molecular complexity index is 599. The molecule has 2 aromatic carbocycles. The second kappa shape index (κ2) is 6.00. The topological polar surface area (TPSA) is 12.0 Å². The Hall–Kier alpha value is -0.640. The minimum absolute atomic E-state index is 0.344. The largest absolute Gasteiger partial charge is 0.307 e. The van der Waals surface area contributed by atoms with Crippen molar-refractivity contribution < 1.29 is 0 Å². The average molecular weight is 395 g/mol. The highest BCUT2D eigenvalue weighted by atomic mass is 79.9. The molecule has 0 aromatic heterocycles. The van der Waals surface area contributed by atoms with Crippen LogP contribution in [0.2, 0.25) is 0 Å². The second-order valence-corrected chi connectivity index (χ2v) is 7.20. The first-order valence-corrected chi connectivity index (χ1v) is 8.50. The zero-order chi connectivity index (χ0) is 14.1. The van der Waals surface area contributed by atoms with Crippen LogP contribution in [0.25, 0.3) is 0 Å². The highest BCUT2D eigenvalue weighted by Crippen LogP contribution is 2.29. The summed E-state index contributed by atoms with van der Waals surface area (Å²) >= 11 is 7.16. The first-order valence-electron chi connectivity index (χ1n) is 6.91. The van der Waals surface area contributed by atoms with Gasteiger partial charge >= 0.3 is 0 Å². The third-order valence-electron chi connectivity index (χ3n) is 3.97. The Labute approximate surface area is 137 Å². The maximum atomic E-state index is 3.76. The van der Waals surface area contributed by atoms with Gasteiger partial charge in [0, 0.05) is 21.0 Å². The molecule has 0 fully saturated rings. The van der Waals surface area contributed by atoms with Crippen molar-refractivity contribution in [1.82, 2.24) is 5.32 Å². The molecule has 0 aliphatic heterocycles. The molecule has 1 N–H and O–H groups in total. The minimum Gasteiger partial charge on any atom is -0.307 e. The summed E-state index contributed by atoms with van der Waals surface area (Å²) < 4.78 is 2.26. The summed E-state index contributed by atoms with van der Waals surface area (Å²) in [6.45, 7) is 2.23. The number of fused-ring (bicyclic) bond motifs is 1. The van der Waals surface area contributed by atoms with Crippen LogP contribution in [-0.4, -0.2) is 6.04 Å². The quantitative estimate of drug-likeness (QED) is 0.769. The molecule has 2 aromatic rings. The first kappa shape index (κ1) is 14.3. The Morgan fingerprint density at radius 3 is 2.30 bits per heavy atom. The zero-order valence-corrected chi connectivity index (χ0v) is 14.5. The van der Waals surface area contributed by atoms with Gasteiger partial charge in [-0.05, 0) is 48.6 Å². The van der Waals surface area contributed by atoms with Crippen molar-refractivity contribution in [1.29, 1.82) is 0 Å². The fourth-order valence-corrected chi connectivity index (χ4v) is 4.36. The van der Waals surface area contributed by atoms with Gasteiger partial charge in [0.25, 0.3) is 0 Å². The van der Waals surface area contributed by atoms with Crippen molar-refractivity contribution in [2.24, 2.45) is 0 Å². The molecule has 0 amide bonds. The molecule has 3 rings (SSSR count). The monoisotopic (exact) mass is 393 g/mol. The Morgan fingerprint density at radius 1 is 1.05 bits per heavy atom. The predicted molar refractivity (Wildman–Crippen MR) is 91.0 cm³/mol. The Balaban J connectivity index is 1.70. The van der Waals surface area contributed by atoms with E-state index in [-0.39, 0.29) is 0 Å². The van der Waals surface area contributed by atoms with E-state index in [9.17, 15) is 0 Å². The standard InChI is InChI=1S/C17H17Br2N/c1-11(16-7-6-14(18)10-17(16)19)20-15-8-12-4-2-3-5-13(12)9-15/h2-7,10-11,15,20H,8-9H2,1H3. The van der Waals surface area contributed by atoms with Crippen LogP contribution in [0.4, 0.5) is 0 Å². The number of nitrogens with one attached hydrogen (secondary N) is 1. The van der Waals surface area contributed by atoms with Crippen molar-refractivity contribution in [3.63, 3.8) is 0 Å². The minimum atomic E-state index is 0.344. The van der Waals surface area contributed by atoms with Gasteiger partial charge < -0.3 is 5.32 Å². The summed E-state index contributed by atoms with van der Waals surface area (Å²) in [5.74, 6) is 0. The van der Waals surface area contributed by atoms with Crippen LogP contribution in [0.15, 0.2) is 51.4 Å². The smallest absolute Gasteiger partial charge is 0.0305 e. The van der Waals surface area contributed by atoms with Gasteiger partial charge in [-0.25, -0.2) is 0 Å². The van der Waals surface area contributed by atoms with E-state index in [0.29, 0.717) is 12.1 Å². The molecule has 1 unspecified atom stereocenters. The summed E-state index contributed by atoms with van der Waals surface area (Å²) in [6, 6.07) is 16.0. The number of hydrogen-bond donors (Lipinski definition) is 1. The van der Waals surface area contributed by atoms with Crippen LogP contribution in [0, 0.1) is 0 Å². The van der Waals surface area contributed by atoms with Crippen molar-refractivity contribution in [2.75, 3.05) is 0 Å². The predicted octanol–water partition coefficient (Wildman–Crippen LogP) is 5.03. The number of halogens is 2. The first-order chi connectivity index (χ1) is 9.63. The molecule has 1 atom stereocenters. The summed E-state index contributed by atoms with van der Waals surface area (Å²) in [5, 5.41) is 3.76. The molecule has 3 heteroatoms. The molecule has 0 saturated heterocycles. The van der Waals surface area contributed by atoms with Crippen LogP contribution in [0.1, 0.15) is 29.7 Å². The van der Waals surface area contributed by atoms with Crippen LogP contribution in [-0.2, 0) is 12.8 Å². The van der Waals surface area contributed by atoms with Gasteiger partial charge in [0.15, 0.2) is 0 Å². The van der Waals surface area contributed by atoms with Gasteiger partial charge in [-0.2, -0.15) is 0 Å². The van der Waals surface area contributed by atoms with Crippen LogP contribution >= 0.6 is 31.9 Å². The lowest BCUT2D eigenvalue weighted by atomic mass is 10.1. The third-order valence-corrected chi connectivity index (χ3v) is 5.15. The van der Waals surface area contributed by atoms with Gasteiger partial charge in [0.05, 0.1) is 0 Å². The van der Waals surface area contributed by atoms with Crippen molar-refractivity contribution in [3.05, 3.63) is 68.1 Å². The van der Waals surface area contributed by atoms with Gasteiger partial charge in [0.2, 0.25) is 0 Å². The third kappa shape index (κ3) is 3.00. The molecule has 0 radical (unpaired) electrons. The van der Waals surface area contributed by atoms with E-state index in [0.717, 1.165) is 21.8 Å². The van der Waals surface area contributed by atoms with Crippen LogP contribution in [0.3, 0.4) is 0 Å². The van der Waals surface area contributed by atoms with Crippen LogP contribution < -0.4 is 5.32 Å². The number of hydrogen-bond acceptors (Lipinski definition) is 1. The van der Waals surface area contributed by atoms with E-state index in [1.807, 2.05) is 0 Å². The van der Waals surface area contributed by atoms with Gasteiger partial charge in [-0.15, -0.1) is 0 Å². The maximum Gasteiger partial charge on any atom is 0.0305 e. The van der Waals surface area contributed by atoms with Crippen molar-refractivity contribution in [3.8, 4) is 0 Å². The summed E-state index contributed by atoms with van der Waals surface area (Å²) in [6.07, 6.45) is 2.27. The lowest BCUT2D eigenvalue weighted by Gasteiger charge is -2.21. The van der Waals surface area contributed by atoms with E-state index in [1.54, 1.807) is 0 Å². The highest BCUT2D eigenvalue weighted by Gasteiger charge is 2.23. The van der Waals surface area contributed by atoms with Gasteiger partial charge in [-0.3, -0.25) is 0 Å². The van der Waals surface area contributed by atoms with E-state index < -0.39 is 0 Å². The molecule has 1 aliphatic rings. The SMILES string of the molecule is CC(NC1Cc2ccccc2C1)c1ccc(Br)cc1Br. The molecule has 104 valence electrons. The van der Waals surface area contributed by atoms with Gasteiger partial charge in [0.1, 0.15) is 0 Å². The average Bonchev–Trinajstić information content (AvgIpc) is 2.80. The fraction of sp³-hybridized carbons (Fsp3) is 0.294. The van der Waals surface area contributed by atoms with E-state index >= 15 is 0 Å². The summed E-state index contributed by atoms with van der Waals surface area (Å²) in [4.78, 5) is 0. The highest BCUT2D eigenvalue weighted by molar-refractivity contribution is 9.11. The molecule has 0 bridgehead atoms.